The first-order valence-corrected chi connectivity index (χ1v) is 5.31. The number of pyridine rings is 1. The van der Waals surface area contributed by atoms with Gasteiger partial charge in [0, 0.05) is 17.5 Å². The van der Waals surface area contributed by atoms with E-state index in [1.165, 1.54) is 13.0 Å². The summed E-state index contributed by atoms with van der Waals surface area (Å²) in [7, 11) is 0. The van der Waals surface area contributed by atoms with Gasteiger partial charge in [0.1, 0.15) is 5.82 Å². The van der Waals surface area contributed by atoms with Gasteiger partial charge in [-0.25, -0.2) is 4.39 Å². The van der Waals surface area contributed by atoms with Gasteiger partial charge in [-0.1, -0.05) is 12.1 Å². The Morgan fingerprint density at radius 3 is 2.47 bits per heavy atom. The highest BCUT2D eigenvalue weighted by Gasteiger charge is 2.09. The van der Waals surface area contributed by atoms with Crippen LogP contribution in [0.25, 0.3) is 11.1 Å². The number of hydrogen-bond donors (Lipinski definition) is 0. The molecule has 0 bridgehead atoms. The van der Waals surface area contributed by atoms with Crippen LogP contribution >= 0.6 is 0 Å². The molecule has 0 aliphatic heterocycles. The van der Waals surface area contributed by atoms with E-state index in [4.69, 9.17) is 0 Å². The number of nitrogens with zero attached hydrogens (tertiary/aromatic N) is 1. The van der Waals surface area contributed by atoms with E-state index >= 15 is 0 Å². The third-order valence-electron chi connectivity index (χ3n) is 2.59. The second kappa shape index (κ2) is 4.45. The Labute approximate surface area is 99.1 Å². The number of benzene rings is 1. The zero-order valence-electron chi connectivity index (χ0n) is 9.70. The van der Waals surface area contributed by atoms with Crippen molar-refractivity contribution in [3.63, 3.8) is 0 Å². The minimum absolute atomic E-state index is 0.114. The summed E-state index contributed by atoms with van der Waals surface area (Å²) in [5.74, 6) is -0.759. The van der Waals surface area contributed by atoms with E-state index in [0.717, 1.165) is 16.8 Å². The molecule has 0 N–H and O–H groups in total. The SMILES string of the molecule is CC(=O)c1cc(-c2ccc(C)nc2)ccc1F. The van der Waals surface area contributed by atoms with Gasteiger partial charge in [-0.05, 0) is 37.6 Å². The van der Waals surface area contributed by atoms with Gasteiger partial charge in [-0.3, -0.25) is 9.78 Å². The Morgan fingerprint density at radius 2 is 1.88 bits per heavy atom. The summed E-state index contributed by atoms with van der Waals surface area (Å²) >= 11 is 0. The van der Waals surface area contributed by atoms with Gasteiger partial charge < -0.3 is 0 Å². The molecule has 17 heavy (non-hydrogen) atoms. The van der Waals surface area contributed by atoms with E-state index in [-0.39, 0.29) is 11.3 Å². The van der Waals surface area contributed by atoms with Crippen molar-refractivity contribution in [2.75, 3.05) is 0 Å². The van der Waals surface area contributed by atoms with Crippen molar-refractivity contribution in [3.05, 3.63) is 53.6 Å². The molecule has 2 aromatic rings. The molecule has 2 rings (SSSR count). The molecule has 0 unspecified atom stereocenters. The molecule has 3 heteroatoms. The molecular weight excluding hydrogens is 217 g/mol. The maximum atomic E-state index is 13.4. The molecule has 0 atom stereocenters. The minimum atomic E-state index is -0.485. The second-order valence-electron chi connectivity index (χ2n) is 3.94. The molecule has 0 saturated heterocycles. The van der Waals surface area contributed by atoms with Crippen LogP contribution in [0, 0.1) is 12.7 Å². The zero-order valence-corrected chi connectivity index (χ0v) is 9.70. The third kappa shape index (κ3) is 2.38. The summed E-state index contributed by atoms with van der Waals surface area (Å²) in [6, 6.07) is 8.30. The van der Waals surface area contributed by atoms with Crippen LogP contribution in [0.5, 0.6) is 0 Å². The van der Waals surface area contributed by atoms with Gasteiger partial charge in [-0.15, -0.1) is 0 Å². The van der Waals surface area contributed by atoms with E-state index in [0.29, 0.717) is 0 Å². The van der Waals surface area contributed by atoms with Crippen molar-refractivity contribution in [1.82, 2.24) is 4.98 Å². The van der Waals surface area contributed by atoms with Gasteiger partial charge in [0.15, 0.2) is 5.78 Å². The summed E-state index contributed by atoms with van der Waals surface area (Å²) in [6.45, 7) is 3.25. The molecular formula is C14H12FNO. The highest BCUT2D eigenvalue weighted by molar-refractivity contribution is 5.95. The maximum Gasteiger partial charge on any atom is 0.162 e. The largest absolute Gasteiger partial charge is 0.294 e. The quantitative estimate of drug-likeness (QED) is 0.739. The number of ketones is 1. The standard InChI is InChI=1S/C14H12FNO/c1-9-3-4-12(8-16-9)11-5-6-14(15)13(7-11)10(2)17/h3-8H,1-2H3. The zero-order chi connectivity index (χ0) is 12.4. The smallest absolute Gasteiger partial charge is 0.162 e. The average molecular weight is 229 g/mol. The molecule has 0 radical (unpaired) electrons. The molecule has 1 aromatic heterocycles. The fourth-order valence-electron chi connectivity index (χ4n) is 1.61. The first-order chi connectivity index (χ1) is 8.08. The molecule has 0 aliphatic rings. The average Bonchev–Trinajstić information content (AvgIpc) is 2.30. The second-order valence-corrected chi connectivity index (χ2v) is 3.94. The van der Waals surface area contributed by atoms with Crippen molar-refractivity contribution in [2.24, 2.45) is 0 Å². The van der Waals surface area contributed by atoms with E-state index in [2.05, 4.69) is 4.98 Å². The van der Waals surface area contributed by atoms with Crippen LogP contribution in [0.15, 0.2) is 36.5 Å². The van der Waals surface area contributed by atoms with Crippen molar-refractivity contribution < 1.29 is 9.18 Å². The van der Waals surface area contributed by atoms with Crippen molar-refractivity contribution in [2.45, 2.75) is 13.8 Å². The van der Waals surface area contributed by atoms with Crippen molar-refractivity contribution in [1.29, 1.82) is 0 Å². The Bertz CT molecular complexity index is 561. The minimum Gasteiger partial charge on any atom is -0.294 e. The molecule has 0 aliphatic carbocycles. The lowest BCUT2D eigenvalue weighted by molar-refractivity contribution is 0.101. The number of carbonyl (C=O) groups is 1. The van der Waals surface area contributed by atoms with E-state index in [1.807, 2.05) is 19.1 Å². The van der Waals surface area contributed by atoms with Crippen LogP contribution in [0.4, 0.5) is 4.39 Å². The number of aryl methyl sites for hydroxylation is 1. The van der Waals surface area contributed by atoms with Crippen LogP contribution in [-0.2, 0) is 0 Å². The molecule has 0 amide bonds. The fraction of sp³-hybridized carbons (Fsp3) is 0.143. The summed E-state index contributed by atoms with van der Waals surface area (Å²) in [6.07, 6.45) is 1.71. The maximum absolute atomic E-state index is 13.4. The molecule has 1 heterocycles. The summed E-state index contributed by atoms with van der Waals surface area (Å²) in [5, 5.41) is 0. The predicted molar refractivity (Wildman–Crippen MR) is 64.4 cm³/mol. The Morgan fingerprint density at radius 1 is 1.18 bits per heavy atom. The Kier molecular flexibility index (Phi) is 3.00. The van der Waals surface area contributed by atoms with Gasteiger partial charge in [0.2, 0.25) is 0 Å². The topological polar surface area (TPSA) is 30.0 Å². The number of carbonyl (C=O) groups excluding carboxylic acids is 1. The van der Waals surface area contributed by atoms with Gasteiger partial charge in [0.25, 0.3) is 0 Å². The van der Waals surface area contributed by atoms with Crippen LogP contribution in [-0.4, -0.2) is 10.8 Å². The number of aromatic nitrogens is 1. The highest BCUT2D eigenvalue weighted by atomic mass is 19.1. The monoisotopic (exact) mass is 229 g/mol. The fourth-order valence-corrected chi connectivity index (χ4v) is 1.61. The van der Waals surface area contributed by atoms with E-state index in [9.17, 15) is 9.18 Å². The molecule has 0 spiro atoms. The first-order valence-electron chi connectivity index (χ1n) is 5.31. The first kappa shape index (κ1) is 11.5. The third-order valence-corrected chi connectivity index (χ3v) is 2.59. The molecule has 86 valence electrons. The van der Waals surface area contributed by atoms with E-state index in [1.54, 1.807) is 18.3 Å². The lowest BCUT2D eigenvalue weighted by Gasteiger charge is -2.04. The van der Waals surface area contributed by atoms with Crippen LogP contribution in [0.3, 0.4) is 0 Å². The summed E-state index contributed by atoms with van der Waals surface area (Å²) < 4.78 is 13.4. The normalized spacial score (nSPS) is 10.3. The van der Waals surface area contributed by atoms with Crippen LogP contribution in [0.1, 0.15) is 23.0 Å². The summed E-state index contributed by atoms with van der Waals surface area (Å²) in [5.41, 5.74) is 2.70. The molecule has 1 aromatic carbocycles. The molecule has 0 fully saturated rings. The number of rotatable bonds is 2. The van der Waals surface area contributed by atoms with Gasteiger partial charge >= 0.3 is 0 Å². The number of hydrogen-bond acceptors (Lipinski definition) is 2. The number of Topliss-reactive ketones (excluding diaryl/α,β-unsaturated/α-hetero) is 1. The Balaban J connectivity index is 2.50. The lowest BCUT2D eigenvalue weighted by atomic mass is 10.0. The van der Waals surface area contributed by atoms with Gasteiger partial charge in [-0.2, -0.15) is 0 Å². The number of halogens is 1. The molecule has 0 saturated carbocycles. The van der Waals surface area contributed by atoms with Crippen LogP contribution in [0.2, 0.25) is 0 Å². The molecule has 2 nitrogen and oxygen atoms in total. The Hall–Kier alpha value is -2.03. The lowest BCUT2D eigenvalue weighted by Crippen LogP contribution is -1.97. The van der Waals surface area contributed by atoms with Crippen molar-refractivity contribution >= 4 is 5.78 Å². The summed E-state index contributed by atoms with van der Waals surface area (Å²) in [4.78, 5) is 15.4. The van der Waals surface area contributed by atoms with Gasteiger partial charge in [0.05, 0.1) is 5.56 Å². The highest BCUT2D eigenvalue weighted by Crippen LogP contribution is 2.21. The van der Waals surface area contributed by atoms with Crippen LogP contribution < -0.4 is 0 Å². The van der Waals surface area contributed by atoms with E-state index < -0.39 is 5.82 Å². The van der Waals surface area contributed by atoms with Crippen molar-refractivity contribution in [3.8, 4) is 11.1 Å². The predicted octanol–water partition coefficient (Wildman–Crippen LogP) is 3.40.